The third-order valence-corrected chi connectivity index (χ3v) is 12.6. The van der Waals surface area contributed by atoms with Crippen molar-refractivity contribution in [2.75, 3.05) is 10.7 Å². The lowest BCUT2D eigenvalue weighted by atomic mass is 10.1. The molecule has 0 unspecified atom stereocenters. The van der Waals surface area contributed by atoms with Gasteiger partial charge in [-0.3, -0.25) is 0 Å². The summed E-state index contributed by atoms with van der Waals surface area (Å²) in [6.45, 7) is 9.07. The maximum atomic E-state index is 12.3. The van der Waals surface area contributed by atoms with Crippen LogP contribution in [0.4, 0.5) is 4.79 Å². The van der Waals surface area contributed by atoms with E-state index < -0.39 is 8.32 Å². The SMILES string of the molecule is CCCCC/C=C\C[C@H](O[Si](c1ccccc1)(c1ccccc1)C(C)(C)C)[C@@H](CI)OC(=O)SC. The van der Waals surface area contributed by atoms with Gasteiger partial charge in [-0.2, -0.15) is 0 Å². The predicted octanol–water partition coefficient (Wildman–Crippen LogP) is 7.76. The van der Waals surface area contributed by atoms with Crippen LogP contribution in [0.3, 0.4) is 0 Å². The maximum absolute atomic E-state index is 12.3. The molecule has 0 saturated carbocycles. The van der Waals surface area contributed by atoms with Crippen LogP contribution >= 0.6 is 34.4 Å². The Kier molecular flexibility index (Phi) is 13.1. The van der Waals surface area contributed by atoms with Gasteiger partial charge in [0, 0.05) is 4.43 Å². The first-order chi connectivity index (χ1) is 16.8. The van der Waals surface area contributed by atoms with Gasteiger partial charge >= 0.3 is 5.30 Å². The van der Waals surface area contributed by atoms with E-state index in [9.17, 15) is 4.79 Å². The number of alkyl halides is 1. The zero-order chi connectivity index (χ0) is 25.7. The number of thioether (sulfide) groups is 1. The van der Waals surface area contributed by atoms with E-state index >= 15 is 0 Å². The molecule has 0 saturated heterocycles. The fourth-order valence-corrected chi connectivity index (χ4v) is 10.1. The Hall–Kier alpha value is -1.09. The molecule has 0 radical (unpaired) electrons. The summed E-state index contributed by atoms with van der Waals surface area (Å²) < 4.78 is 14.0. The summed E-state index contributed by atoms with van der Waals surface area (Å²) in [7, 11) is -2.77. The second-order valence-electron chi connectivity index (χ2n) is 9.79. The van der Waals surface area contributed by atoms with E-state index in [1.54, 1.807) is 6.26 Å². The fraction of sp³-hybridized carbons (Fsp3) is 0.483. The molecule has 0 heterocycles. The zero-order valence-electron chi connectivity index (χ0n) is 21.8. The van der Waals surface area contributed by atoms with E-state index in [4.69, 9.17) is 9.16 Å². The van der Waals surface area contributed by atoms with Crippen molar-refractivity contribution in [3.05, 3.63) is 72.8 Å². The number of halogens is 1. The van der Waals surface area contributed by atoms with Crippen molar-refractivity contribution >= 4 is 58.3 Å². The Labute approximate surface area is 231 Å². The molecule has 3 nitrogen and oxygen atoms in total. The number of hydrogen-bond donors (Lipinski definition) is 0. The number of carbonyl (C=O) groups is 1. The van der Waals surface area contributed by atoms with Gasteiger partial charge in [0.05, 0.1) is 6.10 Å². The number of ether oxygens (including phenoxy) is 1. The predicted molar refractivity (Wildman–Crippen MR) is 163 cm³/mol. The van der Waals surface area contributed by atoms with Crippen LogP contribution in [0.2, 0.25) is 5.04 Å². The molecule has 2 atom stereocenters. The summed E-state index contributed by atoms with van der Waals surface area (Å²) >= 11 is 3.43. The van der Waals surface area contributed by atoms with Gasteiger partial charge in [0.25, 0.3) is 8.32 Å². The van der Waals surface area contributed by atoms with E-state index in [2.05, 4.69) is 123 Å². The van der Waals surface area contributed by atoms with Crippen molar-refractivity contribution in [3.8, 4) is 0 Å². The number of carbonyl (C=O) groups excluding carboxylic acids is 1. The van der Waals surface area contributed by atoms with Crippen LogP contribution in [-0.2, 0) is 9.16 Å². The van der Waals surface area contributed by atoms with Crippen LogP contribution in [0, 0.1) is 0 Å². The van der Waals surface area contributed by atoms with Crippen LogP contribution in [0.15, 0.2) is 72.8 Å². The second-order valence-corrected chi connectivity index (χ2v) is 15.7. The standard InChI is InChI=1S/C29H41IO3SSi/c1-6-7-8-9-10-17-22-26(27(23-30)32-28(31)34-5)33-35(29(2,3)4,24-18-13-11-14-19-24)25-20-15-12-16-21-25/h10-21,26-27H,6-9,22-23H2,1-5H3/b17-10-/t26-,27+/m0/s1. The summed E-state index contributed by atoms with van der Waals surface area (Å²) in [5.74, 6) is 0. The number of benzene rings is 2. The summed E-state index contributed by atoms with van der Waals surface area (Å²) in [4.78, 5) is 12.3. The first-order valence-electron chi connectivity index (χ1n) is 12.5. The van der Waals surface area contributed by atoms with Gasteiger partial charge in [0.1, 0.15) is 6.10 Å². The number of unbranched alkanes of at least 4 members (excludes halogenated alkanes) is 3. The lowest BCUT2D eigenvalue weighted by molar-refractivity contribution is 0.0392. The molecule has 0 aliphatic rings. The van der Waals surface area contributed by atoms with Gasteiger partial charge < -0.3 is 9.16 Å². The van der Waals surface area contributed by atoms with E-state index in [1.165, 1.54) is 29.6 Å². The van der Waals surface area contributed by atoms with Crippen molar-refractivity contribution in [3.63, 3.8) is 0 Å². The molecule has 35 heavy (non-hydrogen) atoms. The van der Waals surface area contributed by atoms with Gasteiger partial charge in [0.15, 0.2) is 0 Å². The van der Waals surface area contributed by atoms with E-state index in [-0.39, 0.29) is 22.5 Å². The van der Waals surface area contributed by atoms with E-state index in [0.717, 1.165) is 18.2 Å². The molecule has 2 rings (SSSR count). The van der Waals surface area contributed by atoms with Crippen molar-refractivity contribution in [2.45, 2.75) is 77.0 Å². The Balaban J connectivity index is 2.56. The summed E-state index contributed by atoms with van der Waals surface area (Å²) in [6, 6.07) is 21.3. The van der Waals surface area contributed by atoms with Crippen molar-refractivity contribution in [2.24, 2.45) is 0 Å². The van der Waals surface area contributed by atoms with Crippen LogP contribution in [0.1, 0.15) is 59.8 Å². The van der Waals surface area contributed by atoms with Crippen LogP contribution < -0.4 is 10.4 Å². The van der Waals surface area contributed by atoms with Gasteiger partial charge in [-0.25, -0.2) is 4.79 Å². The molecule has 0 N–H and O–H groups in total. The van der Waals surface area contributed by atoms with Gasteiger partial charge in [-0.05, 0) is 52.7 Å². The maximum Gasteiger partial charge on any atom is 0.367 e. The van der Waals surface area contributed by atoms with Gasteiger partial charge in [-0.15, -0.1) is 0 Å². The van der Waals surface area contributed by atoms with Crippen molar-refractivity contribution < 1.29 is 14.0 Å². The second kappa shape index (κ2) is 15.2. The number of hydrogen-bond acceptors (Lipinski definition) is 4. The van der Waals surface area contributed by atoms with Crippen LogP contribution in [0.25, 0.3) is 0 Å². The molecule has 0 fully saturated rings. The zero-order valence-corrected chi connectivity index (χ0v) is 25.8. The van der Waals surface area contributed by atoms with Gasteiger partial charge in [0.2, 0.25) is 0 Å². The first kappa shape index (κ1) is 30.1. The molecular weight excluding hydrogens is 583 g/mol. The minimum absolute atomic E-state index is 0.141. The Morgan fingerprint density at radius 3 is 2.00 bits per heavy atom. The summed E-state index contributed by atoms with van der Waals surface area (Å²) in [5, 5.41) is 2.07. The third-order valence-electron chi connectivity index (χ3n) is 6.24. The highest BCUT2D eigenvalue weighted by molar-refractivity contribution is 14.1. The van der Waals surface area contributed by atoms with Crippen molar-refractivity contribution in [1.82, 2.24) is 0 Å². The van der Waals surface area contributed by atoms with E-state index in [0.29, 0.717) is 10.8 Å². The lowest BCUT2D eigenvalue weighted by Gasteiger charge is -2.46. The summed E-state index contributed by atoms with van der Waals surface area (Å²) in [5.41, 5.74) is 0. The molecule has 0 aromatic heterocycles. The average Bonchev–Trinajstić information content (AvgIpc) is 2.86. The van der Waals surface area contributed by atoms with E-state index in [1.807, 2.05) is 0 Å². The molecule has 2 aromatic rings. The topological polar surface area (TPSA) is 35.5 Å². The lowest BCUT2D eigenvalue weighted by Crippen LogP contribution is -2.68. The third kappa shape index (κ3) is 8.47. The monoisotopic (exact) mass is 624 g/mol. The molecule has 0 aliphatic heterocycles. The number of rotatable bonds is 13. The first-order valence-corrected chi connectivity index (χ1v) is 17.2. The minimum atomic E-state index is -2.77. The van der Waals surface area contributed by atoms with Crippen LogP contribution in [-0.4, -0.2) is 36.5 Å². The summed E-state index contributed by atoms with van der Waals surface area (Å²) in [6.07, 6.45) is 11.1. The molecule has 6 heteroatoms. The highest BCUT2D eigenvalue weighted by atomic mass is 127. The Bertz CT molecular complexity index is 860. The molecule has 0 aliphatic carbocycles. The molecule has 0 spiro atoms. The van der Waals surface area contributed by atoms with Crippen LogP contribution in [0.5, 0.6) is 0 Å². The average molecular weight is 625 g/mol. The normalized spacial score (nSPS) is 14.1. The number of allylic oxidation sites excluding steroid dienone is 1. The molecule has 2 aromatic carbocycles. The quantitative estimate of drug-likeness (QED) is 0.0570. The Morgan fingerprint density at radius 2 is 1.54 bits per heavy atom. The van der Waals surface area contributed by atoms with Crippen molar-refractivity contribution in [1.29, 1.82) is 0 Å². The minimum Gasteiger partial charge on any atom is -0.451 e. The Morgan fingerprint density at radius 1 is 0.971 bits per heavy atom. The molecule has 192 valence electrons. The largest absolute Gasteiger partial charge is 0.451 e. The molecule has 0 amide bonds. The molecule has 0 bridgehead atoms. The van der Waals surface area contributed by atoms with Gasteiger partial charge in [-0.1, -0.05) is 136 Å². The highest BCUT2D eigenvalue weighted by Crippen LogP contribution is 2.38. The fourth-order valence-electron chi connectivity index (χ4n) is 4.43. The molecular formula is C29H41IO3SSi. The smallest absolute Gasteiger partial charge is 0.367 e. The highest BCUT2D eigenvalue weighted by Gasteiger charge is 2.52.